The zero-order valence-electron chi connectivity index (χ0n) is 7.15. The molecule has 1 aromatic heterocycles. The first kappa shape index (κ1) is 11.4. The SMILES string of the molecule is CNc1ccccn1.CSC=S. The van der Waals surface area contributed by atoms with E-state index < -0.39 is 0 Å². The van der Waals surface area contributed by atoms with Crippen molar-refractivity contribution in [3.8, 4) is 0 Å². The van der Waals surface area contributed by atoms with E-state index in [9.17, 15) is 0 Å². The fourth-order valence-corrected chi connectivity index (χ4v) is 0.511. The number of aromatic nitrogens is 1. The average Bonchev–Trinajstić information content (AvgIpc) is 2.19. The molecule has 1 aromatic rings. The van der Waals surface area contributed by atoms with Gasteiger partial charge in [-0.2, -0.15) is 0 Å². The van der Waals surface area contributed by atoms with Crippen molar-refractivity contribution in [2.75, 3.05) is 18.6 Å². The van der Waals surface area contributed by atoms with Gasteiger partial charge in [0.15, 0.2) is 0 Å². The molecule has 0 spiro atoms. The van der Waals surface area contributed by atoms with Crippen molar-refractivity contribution in [1.29, 1.82) is 0 Å². The average molecular weight is 200 g/mol. The van der Waals surface area contributed by atoms with E-state index in [4.69, 9.17) is 0 Å². The molecule has 66 valence electrons. The molecule has 0 atom stereocenters. The Hall–Kier alpha value is -0.610. The zero-order valence-corrected chi connectivity index (χ0v) is 8.78. The summed E-state index contributed by atoms with van der Waals surface area (Å²) in [5.74, 6) is 0.910. The minimum atomic E-state index is 0.910. The Labute approximate surface area is 82.8 Å². The number of rotatable bonds is 2. The van der Waals surface area contributed by atoms with E-state index in [1.807, 2.05) is 31.5 Å². The summed E-state index contributed by atoms with van der Waals surface area (Å²) in [7, 11) is 1.85. The molecule has 0 aliphatic heterocycles. The molecular formula is C8H12N2S2. The van der Waals surface area contributed by atoms with Crippen LogP contribution in [0.1, 0.15) is 0 Å². The van der Waals surface area contributed by atoms with Crippen LogP contribution < -0.4 is 5.32 Å². The standard InChI is InChI=1S/C6H8N2.C2H4S2/c1-7-6-4-2-3-5-8-6;1-4-2-3/h2-5H,1H3,(H,7,8);2H,1H3. The monoisotopic (exact) mass is 200 g/mol. The van der Waals surface area contributed by atoms with Crippen LogP contribution in [0.4, 0.5) is 5.82 Å². The van der Waals surface area contributed by atoms with Gasteiger partial charge in [-0.25, -0.2) is 4.98 Å². The van der Waals surface area contributed by atoms with Crippen LogP contribution in [0.5, 0.6) is 0 Å². The predicted molar refractivity (Wildman–Crippen MR) is 61.0 cm³/mol. The molecule has 0 aliphatic carbocycles. The number of nitrogens with one attached hydrogen (secondary N) is 1. The Morgan fingerprint density at radius 3 is 2.50 bits per heavy atom. The van der Waals surface area contributed by atoms with Crippen LogP contribution in [0.25, 0.3) is 0 Å². The van der Waals surface area contributed by atoms with Gasteiger partial charge in [0.05, 0.1) is 0 Å². The fraction of sp³-hybridized carbons (Fsp3) is 0.250. The lowest BCUT2D eigenvalue weighted by molar-refractivity contribution is 1.29. The lowest BCUT2D eigenvalue weighted by Crippen LogP contribution is -1.88. The molecule has 0 fully saturated rings. The van der Waals surface area contributed by atoms with Gasteiger partial charge in [0.1, 0.15) is 5.82 Å². The van der Waals surface area contributed by atoms with E-state index in [1.165, 1.54) is 0 Å². The van der Waals surface area contributed by atoms with Gasteiger partial charge in [0, 0.05) is 17.9 Å². The normalized spacial score (nSPS) is 7.83. The van der Waals surface area contributed by atoms with Crippen molar-refractivity contribution in [2.45, 2.75) is 0 Å². The maximum atomic E-state index is 4.39. The Kier molecular flexibility index (Phi) is 8.05. The first-order valence-corrected chi connectivity index (χ1v) is 5.16. The number of thioether (sulfide) groups is 1. The van der Waals surface area contributed by atoms with E-state index >= 15 is 0 Å². The maximum absolute atomic E-state index is 4.39. The Morgan fingerprint density at radius 1 is 1.58 bits per heavy atom. The van der Waals surface area contributed by atoms with Crippen molar-refractivity contribution in [1.82, 2.24) is 4.98 Å². The second-order valence-corrected chi connectivity index (χ2v) is 3.04. The molecule has 1 rings (SSSR count). The van der Waals surface area contributed by atoms with Crippen molar-refractivity contribution in [3.63, 3.8) is 0 Å². The summed E-state index contributed by atoms with van der Waals surface area (Å²) in [4.78, 5) is 3.99. The van der Waals surface area contributed by atoms with Gasteiger partial charge >= 0.3 is 0 Å². The number of anilines is 1. The second-order valence-electron chi connectivity index (χ2n) is 1.80. The number of thiocarbonyl (C=S) groups is 1. The largest absolute Gasteiger partial charge is 0.373 e. The molecule has 12 heavy (non-hydrogen) atoms. The summed E-state index contributed by atoms with van der Waals surface area (Å²) in [6.45, 7) is 0. The maximum Gasteiger partial charge on any atom is 0.125 e. The van der Waals surface area contributed by atoms with Crippen molar-refractivity contribution >= 4 is 34.5 Å². The lowest BCUT2D eigenvalue weighted by Gasteiger charge is -1.92. The lowest BCUT2D eigenvalue weighted by atomic mass is 10.5. The third-order valence-corrected chi connectivity index (χ3v) is 1.79. The van der Waals surface area contributed by atoms with Gasteiger partial charge in [-0.1, -0.05) is 18.3 Å². The molecule has 2 nitrogen and oxygen atoms in total. The highest BCUT2D eigenvalue weighted by molar-refractivity contribution is 8.20. The fourth-order valence-electron chi connectivity index (χ4n) is 0.511. The van der Waals surface area contributed by atoms with Crippen molar-refractivity contribution in [3.05, 3.63) is 24.4 Å². The number of hydrogen-bond acceptors (Lipinski definition) is 4. The van der Waals surface area contributed by atoms with Gasteiger partial charge < -0.3 is 5.32 Å². The number of hydrogen-bond donors (Lipinski definition) is 1. The summed E-state index contributed by atoms with van der Waals surface area (Å²) in [5, 5.41) is 2.92. The van der Waals surface area contributed by atoms with Crippen molar-refractivity contribution < 1.29 is 0 Å². The Bertz CT molecular complexity index is 201. The van der Waals surface area contributed by atoms with Gasteiger partial charge in [-0.15, -0.1) is 11.8 Å². The second kappa shape index (κ2) is 8.49. The van der Waals surface area contributed by atoms with Gasteiger partial charge in [0.2, 0.25) is 0 Å². The zero-order chi connectivity index (χ0) is 9.23. The molecule has 0 aromatic carbocycles. The Morgan fingerprint density at radius 2 is 2.25 bits per heavy atom. The predicted octanol–water partition coefficient (Wildman–Crippen LogP) is 2.43. The number of nitrogens with zero attached hydrogens (tertiary/aromatic N) is 1. The molecule has 0 saturated heterocycles. The van der Waals surface area contributed by atoms with Gasteiger partial charge in [-0.05, 0) is 18.4 Å². The minimum Gasteiger partial charge on any atom is -0.373 e. The van der Waals surface area contributed by atoms with Gasteiger partial charge in [0.25, 0.3) is 0 Å². The molecule has 0 amide bonds. The van der Waals surface area contributed by atoms with E-state index in [-0.39, 0.29) is 0 Å². The number of pyridine rings is 1. The Balaban J connectivity index is 0.000000261. The van der Waals surface area contributed by atoms with Crippen LogP contribution in [0.15, 0.2) is 24.4 Å². The third-order valence-electron chi connectivity index (χ3n) is 1.02. The summed E-state index contributed by atoms with van der Waals surface area (Å²) < 4.78 is 1.62. The van der Waals surface area contributed by atoms with Crippen LogP contribution in [0.2, 0.25) is 0 Å². The summed E-state index contributed by atoms with van der Waals surface area (Å²) in [6, 6.07) is 5.75. The first-order chi connectivity index (χ1) is 5.85. The van der Waals surface area contributed by atoms with Crippen LogP contribution >= 0.6 is 24.0 Å². The summed E-state index contributed by atoms with van der Waals surface area (Å²) >= 11 is 5.94. The van der Waals surface area contributed by atoms with Crippen LogP contribution in [0.3, 0.4) is 0 Å². The van der Waals surface area contributed by atoms with E-state index in [0.717, 1.165) is 5.82 Å². The van der Waals surface area contributed by atoms with E-state index in [2.05, 4.69) is 22.5 Å². The highest BCUT2D eigenvalue weighted by Crippen LogP contribution is 1.95. The molecular weight excluding hydrogens is 188 g/mol. The van der Waals surface area contributed by atoms with Crippen LogP contribution in [-0.4, -0.2) is 23.0 Å². The molecule has 0 bridgehead atoms. The van der Waals surface area contributed by atoms with E-state index in [1.54, 1.807) is 22.7 Å². The summed E-state index contributed by atoms with van der Waals surface area (Å²) in [6.07, 6.45) is 3.69. The van der Waals surface area contributed by atoms with E-state index in [0.29, 0.717) is 0 Å². The molecule has 0 aliphatic rings. The van der Waals surface area contributed by atoms with Crippen molar-refractivity contribution in [2.24, 2.45) is 0 Å². The van der Waals surface area contributed by atoms with Crippen LogP contribution in [0, 0.1) is 0 Å². The smallest absolute Gasteiger partial charge is 0.125 e. The van der Waals surface area contributed by atoms with Gasteiger partial charge in [-0.3, -0.25) is 0 Å². The highest BCUT2D eigenvalue weighted by atomic mass is 32.2. The molecule has 1 N–H and O–H groups in total. The molecule has 4 heteroatoms. The topological polar surface area (TPSA) is 24.9 Å². The molecule has 0 unspecified atom stereocenters. The van der Waals surface area contributed by atoms with Crippen LogP contribution in [-0.2, 0) is 0 Å². The first-order valence-electron chi connectivity index (χ1n) is 3.40. The quantitative estimate of drug-likeness (QED) is 0.741. The molecule has 0 saturated carbocycles. The minimum absolute atomic E-state index is 0.910. The molecule has 1 heterocycles. The third kappa shape index (κ3) is 6.12. The summed E-state index contributed by atoms with van der Waals surface area (Å²) in [5.41, 5.74) is 0. The molecule has 0 radical (unpaired) electrons. The highest BCUT2D eigenvalue weighted by Gasteiger charge is 1.79.